The van der Waals surface area contributed by atoms with Crippen LogP contribution in [-0.2, 0) is 14.6 Å². The molecule has 1 aliphatic heterocycles. The zero-order valence-electron chi connectivity index (χ0n) is 11.9. The molecule has 1 atom stereocenters. The Morgan fingerprint density at radius 2 is 2.05 bits per heavy atom. The maximum Gasteiger partial charge on any atom is 0.338 e. The highest BCUT2D eigenvalue weighted by atomic mass is 32.2. The first-order chi connectivity index (χ1) is 10.00. The lowest BCUT2D eigenvalue weighted by molar-refractivity contribution is 0.0500. The quantitative estimate of drug-likeness (QED) is 0.645. The lowest BCUT2D eigenvalue weighted by Gasteiger charge is -2.11. The minimum Gasteiger partial charge on any atom is -0.462 e. The number of sulfone groups is 1. The van der Waals surface area contributed by atoms with Crippen molar-refractivity contribution in [1.82, 2.24) is 0 Å². The topological polar surface area (TPSA) is 72.5 Å². The van der Waals surface area contributed by atoms with E-state index in [1.807, 2.05) is 6.92 Å². The molecular formula is C15H19NO4S. The fourth-order valence-electron chi connectivity index (χ4n) is 1.97. The van der Waals surface area contributed by atoms with Crippen LogP contribution in [0.2, 0.25) is 0 Å². The van der Waals surface area contributed by atoms with Crippen molar-refractivity contribution >= 4 is 21.5 Å². The van der Waals surface area contributed by atoms with Crippen molar-refractivity contribution in [3.8, 4) is 0 Å². The minimum absolute atomic E-state index is 0.0633. The number of esters is 1. The first kappa shape index (κ1) is 15.6. The summed E-state index contributed by atoms with van der Waals surface area (Å²) in [6.45, 7) is 2.46. The molecule has 0 unspecified atom stereocenters. The van der Waals surface area contributed by atoms with Gasteiger partial charge in [-0.3, -0.25) is 0 Å². The second kappa shape index (κ2) is 6.76. The molecule has 114 valence electrons. The van der Waals surface area contributed by atoms with Gasteiger partial charge in [-0.2, -0.15) is 0 Å². The van der Waals surface area contributed by atoms with Crippen LogP contribution < -0.4 is 5.32 Å². The largest absolute Gasteiger partial charge is 0.462 e. The Bertz CT molecular complexity index is 620. The van der Waals surface area contributed by atoms with Gasteiger partial charge >= 0.3 is 5.97 Å². The average Bonchev–Trinajstić information content (AvgIpc) is 2.79. The van der Waals surface area contributed by atoms with Gasteiger partial charge in [0.25, 0.3) is 0 Å². The van der Waals surface area contributed by atoms with Crippen LogP contribution in [-0.4, -0.2) is 32.8 Å². The summed E-state index contributed by atoms with van der Waals surface area (Å²) < 4.78 is 27.7. The van der Waals surface area contributed by atoms with Crippen LogP contribution in [0.15, 0.2) is 35.7 Å². The third kappa shape index (κ3) is 4.60. The van der Waals surface area contributed by atoms with Crippen LogP contribution >= 0.6 is 0 Å². The molecule has 0 bridgehead atoms. The van der Waals surface area contributed by atoms with Gasteiger partial charge in [0.15, 0.2) is 9.84 Å². The minimum atomic E-state index is -3.07. The second-order valence-corrected chi connectivity index (χ2v) is 6.91. The number of hydrogen-bond donors (Lipinski definition) is 1. The highest BCUT2D eigenvalue weighted by Crippen LogP contribution is 2.16. The van der Waals surface area contributed by atoms with Crippen LogP contribution in [0, 0.1) is 0 Å². The van der Waals surface area contributed by atoms with E-state index in [1.54, 1.807) is 30.3 Å². The molecule has 0 aliphatic carbocycles. The van der Waals surface area contributed by atoms with Gasteiger partial charge in [-0.05, 0) is 30.7 Å². The van der Waals surface area contributed by atoms with Crippen LogP contribution in [0.5, 0.6) is 0 Å². The fraction of sp³-hybridized carbons (Fsp3) is 0.400. The smallest absolute Gasteiger partial charge is 0.338 e. The molecule has 0 aromatic heterocycles. The number of benzene rings is 1. The van der Waals surface area contributed by atoms with Gasteiger partial charge in [-0.25, -0.2) is 13.2 Å². The Balaban J connectivity index is 1.90. The van der Waals surface area contributed by atoms with E-state index in [0.29, 0.717) is 12.2 Å². The number of hydrogen-bond acceptors (Lipinski definition) is 5. The summed E-state index contributed by atoms with van der Waals surface area (Å²) in [6.07, 6.45) is 3.46. The number of nitrogens with one attached hydrogen (secondary N) is 1. The van der Waals surface area contributed by atoms with Crippen LogP contribution in [0.4, 0.5) is 5.69 Å². The highest BCUT2D eigenvalue weighted by Gasteiger charge is 2.21. The molecule has 1 aromatic carbocycles. The summed E-state index contributed by atoms with van der Waals surface area (Å²) in [5.74, 6) is -0.272. The lowest BCUT2D eigenvalue weighted by atomic mass is 10.2. The third-order valence-corrected chi connectivity index (χ3v) is 4.53. The van der Waals surface area contributed by atoms with E-state index in [2.05, 4.69) is 5.32 Å². The van der Waals surface area contributed by atoms with Gasteiger partial charge in [0.2, 0.25) is 0 Å². The van der Waals surface area contributed by atoms with E-state index in [4.69, 9.17) is 4.74 Å². The van der Waals surface area contributed by atoms with E-state index >= 15 is 0 Å². The molecule has 0 radical (unpaired) electrons. The zero-order chi connectivity index (χ0) is 15.3. The van der Waals surface area contributed by atoms with Crippen molar-refractivity contribution in [3.63, 3.8) is 0 Å². The van der Waals surface area contributed by atoms with Crippen molar-refractivity contribution in [2.45, 2.75) is 25.8 Å². The maximum absolute atomic E-state index is 11.7. The molecule has 0 saturated heterocycles. The van der Waals surface area contributed by atoms with Gasteiger partial charge in [0.1, 0.15) is 0 Å². The molecule has 0 spiro atoms. The van der Waals surface area contributed by atoms with Crippen molar-refractivity contribution in [1.29, 1.82) is 0 Å². The monoisotopic (exact) mass is 309 g/mol. The van der Waals surface area contributed by atoms with E-state index in [0.717, 1.165) is 18.5 Å². The van der Waals surface area contributed by atoms with Crippen molar-refractivity contribution in [2.24, 2.45) is 0 Å². The predicted molar refractivity (Wildman–Crippen MR) is 82.0 cm³/mol. The Morgan fingerprint density at radius 3 is 2.62 bits per heavy atom. The summed E-state index contributed by atoms with van der Waals surface area (Å²) in [4.78, 5) is 11.7. The number of unbranched alkanes of at least 4 members (excludes halogenated alkanes) is 1. The van der Waals surface area contributed by atoms with Crippen LogP contribution in [0.3, 0.4) is 0 Å². The number of carbonyl (C=O) groups is 1. The molecule has 1 N–H and O–H groups in total. The summed E-state index contributed by atoms with van der Waals surface area (Å²) in [5, 5.41) is 4.32. The number of ether oxygens (including phenoxy) is 1. The Labute approximate surface area is 124 Å². The maximum atomic E-state index is 11.7. The second-order valence-electron chi connectivity index (χ2n) is 4.98. The Morgan fingerprint density at radius 1 is 1.33 bits per heavy atom. The molecule has 0 saturated carbocycles. The van der Waals surface area contributed by atoms with Crippen molar-refractivity contribution in [3.05, 3.63) is 41.3 Å². The molecule has 2 rings (SSSR count). The van der Waals surface area contributed by atoms with E-state index in [-0.39, 0.29) is 17.8 Å². The summed E-state index contributed by atoms with van der Waals surface area (Å²) in [7, 11) is -3.07. The van der Waals surface area contributed by atoms with Crippen LogP contribution in [0.25, 0.3) is 0 Å². The number of anilines is 1. The molecule has 1 heterocycles. The van der Waals surface area contributed by atoms with E-state index < -0.39 is 9.84 Å². The molecule has 0 fully saturated rings. The lowest BCUT2D eigenvalue weighted by Crippen LogP contribution is -2.20. The molecule has 6 heteroatoms. The van der Waals surface area contributed by atoms with E-state index in [1.165, 1.54) is 5.41 Å². The summed E-state index contributed by atoms with van der Waals surface area (Å²) in [5.41, 5.74) is 1.26. The number of carbonyl (C=O) groups excluding carboxylic acids is 1. The molecule has 1 aromatic rings. The molecule has 5 nitrogen and oxygen atoms in total. The molecule has 21 heavy (non-hydrogen) atoms. The Hall–Kier alpha value is -1.82. The fourth-order valence-corrected chi connectivity index (χ4v) is 3.21. The molecule has 1 aliphatic rings. The standard InChI is InChI=1S/C15H19NO4S/c1-2-3-9-20-15(17)12-4-6-13(7-5-12)16-14-8-10-21(18,19)11-14/h4-8,10,14,16H,2-3,9,11H2,1H3/t14-/m0/s1. The van der Waals surface area contributed by atoms with Crippen molar-refractivity contribution in [2.75, 3.05) is 17.7 Å². The van der Waals surface area contributed by atoms with Gasteiger partial charge in [0, 0.05) is 11.1 Å². The molecular weight excluding hydrogens is 290 g/mol. The predicted octanol–water partition coefficient (Wildman–Crippen LogP) is 2.37. The first-order valence-corrected chi connectivity index (χ1v) is 8.66. The normalized spacial score (nSPS) is 19.4. The van der Waals surface area contributed by atoms with Gasteiger partial charge in [0.05, 0.1) is 24.0 Å². The first-order valence-electron chi connectivity index (χ1n) is 6.95. The van der Waals surface area contributed by atoms with Gasteiger partial charge < -0.3 is 10.1 Å². The molecule has 0 amide bonds. The average molecular weight is 309 g/mol. The summed E-state index contributed by atoms with van der Waals surface area (Å²) >= 11 is 0. The van der Waals surface area contributed by atoms with Crippen LogP contribution in [0.1, 0.15) is 30.1 Å². The zero-order valence-corrected chi connectivity index (χ0v) is 12.7. The van der Waals surface area contributed by atoms with Crippen molar-refractivity contribution < 1.29 is 17.9 Å². The summed E-state index contributed by atoms with van der Waals surface area (Å²) in [6, 6.07) is 6.61. The highest BCUT2D eigenvalue weighted by molar-refractivity contribution is 7.94. The van der Waals surface area contributed by atoms with E-state index in [9.17, 15) is 13.2 Å². The van der Waals surface area contributed by atoms with Gasteiger partial charge in [-0.1, -0.05) is 19.4 Å². The number of rotatable bonds is 6. The van der Waals surface area contributed by atoms with Gasteiger partial charge in [-0.15, -0.1) is 0 Å². The Kier molecular flexibility index (Phi) is 5.01. The third-order valence-electron chi connectivity index (χ3n) is 3.13. The SMILES string of the molecule is CCCCOC(=O)c1ccc(N[C@H]2C=CS(=O)(=O)C2)cc1.